The summed E-state index contributed by atoms with van der Waals surface area (Å²) in [6, 6.07) is 18.2. The van der Waals surface area contributed by atoms with Crippen LogP contribution in [0, 0.1) is 6.92 Å². The predicted octanol–water partition coefficient (Wildman–Crippen LogP) is 3.12. The molecule has 0 fully saturated rings. The van der Waals surface area contributed by atoms with Crippen LogP contribution in [0.25, 0.3) is 0 Å². The summed E-state index contributed by atoms with van der Waals surface area (Å²) in [5, 5.41) is 0. The molecule has 0 saturated heterocycles. The van der Waals surface area contributed by atoms with Crippen LogP contribution in [0.4, 0.5) is 0 Å². The summed E-state index contributed by atoms with van der Waals surface area (Å²) in [5.74, 6) is 0. The van der Waals surface area contributed by atoms with Gasteiger partial charge in [0.2, 0.25) is 0 Å². The van der Waals surface area contributed by atoms with Crippen LogP contribution in [-0.4, -0.2) is 0 Å². The molecular formula is C11H12Ti-6. The Morgan fingerprint density at radius 3 is 1.33 bits per heavy atom. The molecule has 1 heteroatoms. The Bertz CT molecular complexity index is 223. The Balaban J connectivity index is 0.000000189. The van der Waals surface area contributed by atoms with Crippen molar-refractivity contribution in [1.29, 1.82) is 0 Å². The molecule has 0 radical (unpaired) electrons. The van der Waals surface area contributed by atoms with Crippen LogP contribution >= 0.6 is 0 Å². The average Bonchev–Trinajstić information content (AvgIpc) is 2.57. The van der Waals surface area contributed by atoms with Crippen LogP contribution in [0.3, 0.4) is 0 Å². The van der Waals surface area contributed by atoms with E-state index in [1.807, 2.05) is 42.5 Å². The van der Waals surface area contributed by atoms with Crippen molar-refractivity contribution in [2.24, 2.45) is 0 Å². The zero-order valence-corrected chi connectivity index (χ0v) is 8.76. The standard InChI is InChI=1S/C6H7.C5H5.Ti/c1-6-4-2-3-5-6;1-2-4-5-3-1;/h2-5H,1H3;1-5H;/q-1;-5;. The van der Waals surface area contributed by atoms with Crippen LogP contribution in [0.1, 0.15) is 5.56 Å². The Kier molecular flexibility index (Phi) is 6.74. The maximum atomic E-state index is 2.08. The van der Waals surface area contributed by atoms with E-state index in [9.17, 15) is 0 Å². The Morgan fingerprint density at radius 2 is 1.17 bits per heavy atom. The summed E-state index contributed by atoms with van der Waals surface area (Å²) >= 11 is 0. The zero-order valence-electron chi connectivity index (χ0n) is 7.20. The van der Waals surface area contributed by atoms with Gasteiger partial charge in [-0.1, -0.05) is 6.92 Å². The summed E-state index contributed by atoms with van der Waals surface area (Å²) < 4.78 is 0. The predicted molar refractivity (Wildman–Crippen MR) is 48.8 cm³/mol. The van der Waals surface area contributed by atoms with E-state index in [0.29, 0.717) is 0 Å². The molecule has 0 aliphatic rings. The van der Waals surface area contributed by atoms with Gasteiger partial charge in [0.05, 0.1) is 0 Å². The first-order valence-electron chi connectivity index (χ1n) is 3.74. The van der Waals surface area contributed by atoms with Gasteiger partial charge in [-0.2, -0.15) is 17.7 Å². The molecule has 2 aromatic carbocycles. The van der Waals surface area contributed by atoms with E-state index < -0.39 is 0 Å². The topological polar surface area (TPSA) is 0 Å². The van der Waals surface area contributed by atoms with Crippen LogP contribution in [-0.2, 0) is 21.7 Å². The smallest absolute Gasteiger partial charge is 0 e. The van der Waals surface area contributed by atoms with Crippen molar-refractivity contribution in [3.63, 3.8) is 0 Å². The SMILES string of the molecule is C[c-]1cccc1.[Ti].[cH-]1[cH-][cH-][cH-][cH-]1. The molecule has 0 spiro atoms. The van der Waals surface area contributed by atoms with Crippen molar-refractivity contribution in [2.45, 2.75) is 6.92 Å². The molecule has 12 heavy (non-hydrogen) atoms. The summed E-state index contributed by atoms with van der Waals surface area (Å²) in [5.41, 5.74) is 1.34. The van der Waals surface area contributed by atoms with Crippen LogP contribution in [0.2, 0.25) is 0 Å². The maximum Gasteiger partial charge on any atom is 0 e. The molecule has 0 atom stereocenters. The summed E-state index contributed by atoms with van der Waals surface area (Å²) in [7, 11) is 0. The fraction of sp³-hybridized carbons (Fsp3) is 0.0909. The monoisotopic (exact) mass is 192 g/mol. The summed E-state index contributed by atoms with van der Waals surface area (Å²) in [4.78, 5) is 0. The van der Waals surface area contributed by atoms with Crippen LogP contribution in [0.5, 0.6) is 0 Å². The number of rotatable bonds is 0. The van der Waals surface area contributed by atoms with E-state index in [2.05, 4.69) is 19.1 Å². The van der Waals surface area contributed by atoms with Crippen molar-refractivity contribution in [3.05, 3.63) is 60.2 Å². The molecule has 0 unspecified atom stereocenters. The number of hydrogen-bond acceptors (Lipinski definition) is 0. The third-order valence-corrected chi connectivity index (χ3v) is 1.38. The Labute approximate surface area is 88.8 Å². The van der Waals surface area contributed by atoms with Crippen LogP contribution < -0.4 is 0 Å². The molecule has 66 valence electrons. The molecule has 0 bridgehead atoms. The first-order chi connectivity index (χ1) is 5.39. The van der Waals surface area contributed by atoms with Crippen molar-refractivity contribution in [3.8, 4) is 0 Å². The third kappa shape index (κ3) is 5.12. The first-order valence-corrected chi connectivity index (χ1v) is 3.74. The minimum absolute atomic E-state index is 0. The second-order valence-electron chi connectivity index (χ2n) is 2.42. The number of hydrogen-bond donors (Lipinski definition) is 0. The van der Waals surface area contributed by atoms with E-state index in [1.54, 1.807) is 0 Å². The molecule has 2 rings (SSSR count). The fourth-order valence-corrected chi connectivity index (χ4v) is 0.791. The molecule has 0 aliphatic heterocycles. The minimum atomic E-state index is 0. The quantitative estimate of drug-likeness (QED) is 0.444. The van der Waals surface area contributed by atoms with Gasteiger partial charge in [0, 0.05) is 21.7 Å². The van der Waals surface area contributed by atoms with Gasteiger partial charge in [0.1, 0.15) is 0 Å². The average molecular weight is 192 g/mol. The second-order valence-corrected chi connectivity index (χ2v) is 2.42. The van der Waals surface area contributed by atoms with E-state index in [0.717, 1.165) is 0 Å². The van der Waals surface area contributed by atoms with Gasteiger partial charge in [-0.15, -0.1) is 0 Å². The molecule has 0 nitrogen and oxygen atoms in total. The summed E-state index contributed by atoms with van der Waals surface area (Å²) in [6.07, 6.45) is 0. The van der Waals surface area contributed by atoms with Gasteiger partial charge in [-0.05, 0) is 0 Å². The van der Waals surface area contributed by atoms with E-state index >= 15 is 0 Å². The van der Waals surface area contributed by atoms with Gasteiger partial charge < -0.3 is 30.3 Å². The minimum Gasteiger partial charge on any atom is -0.748 e. The summed E-state index contributed by atoms with van der Waals surface area (Å²) in [6.45, 7) is 2.08. The molecule has 0 saturated carbocycles. The fourth-order valence-electron chi connectivity index (χ4n) is 0.791. The van der Waals surface area contributed by atoms with Gasteiger partial charge in [0.25, 0.3) is 0 Å². The molecule has 0 aromatic heterocycles. The number of aryl methyl sites for hydroxylation is 1. The second kappa shape index (κ2) is 7.08. The third-order valence-electron chi connectivity index (χ3n) is 1.38. The molecule has 0 N–H and O–H groups in total. The first kappa shape index (κ1) is 11.4. The molecule has 0 aliphatic carbocycles. The zero-order chi connectivity index (χ0) is 7.94. The molecule has 0 amide bonds. The largest absolute Gasteiger partial charge is 0.748 e. The van der Waals surface area contributed by atoms with Crippen molar-refractivity contribution >= 4 is 0 Å². The van der Waals surface area contributed by atoms with Gasteiger partial charge >= 0.3 is 0 Å². The van der Waals surface area contributed by atoms with Crippen molar-refractivity contribution < 1.29 is 21.7 Å². The maximum absolute atomic E-state index is 2.08. The molecule has 2 aromatic rings. The van der Waals surface area contributed by atoms with E-state index in [1.165, 1.54) is 5.56 Å². The van der Waals surface area contributed by atoms with Crippen molar-refractivity contribution in [2.75, 3.05) is 0 Å². The molecular weight excluding hydrogens is 180 g/mol. The van der Waals surface area contributed by atoms with Gasteiger partial charge in [-0.3, -0.25) is 0 Å². The van der Waals surface area contributed by atoms with E-state index in [4.69, 9.17) is 0 Å². The van der Waals surface area contributed by atoms with Crippen molar-refractivity contribution in [1.82, 2.24) is 0 Å². The molecule has 0 heterocycles. The van der Waals surface area contributed by atoms with Crippen LogP contribution in [0.15, 0.2) is 54.6 Å². The normalized spacial score (nSPS) is 7.75. The Hall–Kier alpha value is -0.586. The van der Waals surface area contributed by atoms with Gasteiger partial charge in [0.15, 0.2) is 0 Å². The Morgan fingerprint density at radius 1 is 0.833 bits per heavy atom. The van der Waals surface area contributed by atoms with E-state index in [-0.39, 0.29) is 21.7 Å². The van der Waals surface area contributed by atoms with Gasteiger partial charge in [-0.25, -0.2) is 12.1 Å².